The van der Waals surface area contributed by atoms with Crippen LogP contribution < -0.4 is 19.5 Å². The minimum Gasteiger partial charge on any atom is -0.493 e. The highest BCUT2D eigenvalue weighted by Gasteiger charge is 2.30. The number of amides is 1. The normalized spacial score (nSPS) is 12.2. The maximum atomic E-state index is 12.7. The lowest BCUT2D eigenvalue weighted by atomic mass is 10.1. The molecule has 0 saturated carbocycles. The number of ether oxygens (including phenoxy) is 3. The Balaban J connectivity index is 1.77. The third-order valence-electron chi connectivity index (χ3n) is 4.56. The average Bonchev–Trinajstić information content (AvgIpc) is 3.28. The first-order valence-corrected chi connectivity index (χ1v) is 9.30. The van der Waals surface area contributed by atoms with Crippen molar-refractivity contribution in [1.29, 1.82) is 0 Å². The van der Waals surface area contributed by atoms with Crippen LogP contribution in [0.3, 0.4) is 0 Å². The van der Waals surface area contributed by atoms with E-state index in [0.717, 1.165) is 24.3 Å². The Hall–Kier alpha value is -3.76. The number of nitrogens with one attached hydrogen (secondary N) is 1. The summed E-state index contributed by atoms with van der Waals surface area (Å²) in [6.45, 7) is 1.61. The molecule has 0 aliphatic rings. The molecule has 2 aromatic carbocycles. The molecule has 0 spiro atoms. The van der Waals surface area contributed by atoms with E-state index in [2.05, 4.69) is 15.5 Å². The van der Waals surface area contributed by atoms with Gasteiger partial charge in [-0.1, -0.05) is 5.16 Å². The fraction of sp³-hybridized carbons (Fsp3) is 0.286. The summed E-state index contributed by atoms with van der Waals surface area (Å²) in [5.74, 6) is 0.941. The maximum absolute atomic E-state index is 12.7. The van der Waals surface area contributed by atoms with Gasteiger partial charge in [0.1, 0.15) is 6.04 Å². The van der Waals surface area contributed by atoms with Gasteiger partial charge in [-0.25, -0.2) is 0 Å². The molecule has 0 aliphatic heterocycles. The van der Waals surface area contributed by atoms with E-state index in [-0.39, 0.29) is 17.3 Å². The minimum atomic E-state index is -4.48. The van der Waals surface area contributed by atoms with Gasteiger partial charge in [-0.15, -0.1) is 0 Å². The molecule has 1 unspecified atom stereocenters. The zero-order chi connectivity index (χ0) is 23.5. The van der Waals surface area contributed by atoms with Crippen LogP contribution in [-0.4, -0.2) is 37.4 Å². The van der Waals surface area contributed by atoms with Crippen molar-refractivity contribution in [3.8, 4) is 28.6 Å². The van der Waals surface area contributed by atoms with Gasteiger partial charge in [0, 0.05) is 11.1 Å². The number of nitrogens with zero attached hydrogens (tertiary/aromatic N) is 2. The monoisotopic (exact) mass is 451 g/mol. The average molecular weight is 451 g/mol. The highest BCUT2D eigenvalue weighted by Crippen LogP contribution is 2.40. The van der Waals surface area contributed by atoms with E-state index >= 15 is 0 Å². The number of halogens is 3. The maximum Gasteiger partial charge on any atom is 0.416 e. The fourth-order valence-electron chi connectivity index (χ4n) is 2.89. The smallest absolute Gasteiger partial charge is 0.416 e. The molecule has 1 aromatic heterocycles. The number of benzene rings is 2. The number of hydrogen-bond acceptors (Lipinski definition) is 7. The number of alkyl halides is 3. The summed E-state index contributed by atoms with van der Waals surface area (Å²) < 4.78 is 59.2. The molecule has 3 aromatic rings. The van der Waals surface area contributed by atoms with Crippen LogP contribution in [0.15, 0.2) is 40.9 Å². The van der Waals surface area contributed by atoms with Crippen molar-refractivity contribution in [2.75, 3.05) is 21.3 Å². The number of methoxy groups -OCH3 is 3. The second-order valence-corrected chi connectivity index (χ2v) is 6.64. The van der Waals surface area contributed by atoms with Crippen molar-refractivity contribution in [3.05, 3.63) is 53.4 Å². The summed E-state index contributed by atoms with van der Waals surface area (Å²) >= 11 is 0. The molecular weight excluding hydrogens is 431 g/mol. The van der Waals surface area contributed by atoms with Crippen LogP contribution in [0, 0.1) is 0 Å². The molecule has 11 heteroatoms. The van der Waals surface area contributed by atoms with E-state index < -0.39 is 23.7 Å². The molecular formula is C21H20F3N3O5. The zero-order valence-electron chi connectivity index (χ0n) is 17.6. The summed E-state index contributed by atoms with van der Waals surface area (Å²) in [6.07, 6.45) is -4.48. The van der Waals surface area contributed by atoms with Gasteiger partial charge in [0.15, 0.2) is 11.5 Å². The molecule has 8 nitrogen and oxygen atoms in total. The highest BCUT2D eigenvalue weighted by molar-refractivity contribution is 5.94. The van der Waals surface area contributed by atoms with Crippen LogP contribution >= 0.6 is 0 Å². The summed E-state index contributed by atoms with van der Waals surface area (Å²) in [6, 6.07) is 6.46. The van der Waals surface area contributed by atoms with Gasteiger partial charge in [-0.05, 0) is 43.3 Å². The molecule has 170 valence electrons. The van der Waals surface area contributed by atoms with Gasteiger partial charge in [-0.2, -0.15) is 18.2 Å². The minimum absolute atomic E-state index is 0.0641. The molecule has 0 aliphatic carbocycles. The van der Waals surface area contributed by atoms with Crippen molar-refractivity contribution >= 4 is 5.91 Å². The van der Waals surface area contributed by atoms with Crippen molar-refractivity contribution in [1.82, 2.24) is 15.5 Å². The van der Waals surface area contributed by atoms with E-state index in [4.69, 9.17) is 18.7 Å². The first-order valence-electron chi connectivity index (χ1n) is 9.30. The lowest BCUT2D eigenvalue weighted by molar-refractivity contribution is -0.137. The molecule has 0 radical (unpaired) electrons. The van der Waals surface area contributed by atoms with Crippen LogP contribution in [0.5, 0.6) is 17.2 Å². The Kier molecular flexibility index (Phi) is 6.56. The molecule has 1 heterocycles. The van der Waals surface area contributed by atoms with Gasteiger partial charge in [0.2, 0.25) is 17.5 Å². The third kappa shape index (κ3) is 4.76. The van der Waals surface area contributed by atoms with Crippen LogP contribution in [0.2, 0.25) is 0 Å². The van der Waals surface area contributed by atoms with Crippen molar-refractivity contribution in [2.45, 2.75) is 19.1 Å². The van der Waals surface area contributed by atoms with E-state index in [9.17, 15) is 18.0 Å². The van der Waals surface area contributed by atoms with Crippen LogP contribution in [0.1, 0.15) is 34.8 Å². The predicted molar refractivity (Wildman–Crippen MR) is 107 cm³/mol. The molecule has 1 amide bonds. The van der Waals surface area contributed by atoms with Crippen molar-refractivity contribution in [3.63, 3.8) is 0 Å². The summed E-state index contributed by atoms with van der Waals surface area (Å²) in [5.41, 5.74) is -0.251. The van der Waals surface area contributed by atoms with Crippen LogP contribution in [-0.2, 0) is 6.18 Å². The number of carbonyl (C=O) groups is 1. The topological polar surface area (TPSA) is 95.7 Å². The summed E-state index contributed by atoms with van der Waals surface area (Å²) in [7, 11) is 4.43. The Morgan fingerprint density at radius 2 is 1.62 bits per heavy atom. The number of hydrogen-bond donors (Lipinski definition) is 1. The second kappa shape index (κ2) is 9.16. The van der Waals surface area contributed by atoms with Gasteiger partial charge in [0.25, 0.3) is 5.91 Å². The quantitative estimate of drug-likeness (QED) is 0.573. The van der Waals surface area contributed by atoms with Gasteiger partial charge in [-0.3, -0.25) is 4.79 Å². The van der Waals surface area contributed by atoms with Gasteiger partial charge >= 0.3 is 6.18 Å². The van der Waals surface area contributed by atoms with Gasteiger partial charge in [0.05, 0.1) is 26.9 Å². The number of aromatic nitrogens is 2. The standard InChI is InChI=1S/C21H20F3N3O5/c1-11(25-19(28)12-5-7-14(8-6-12)21(22,23)24)20-26-18(27-32-20)13-9-15(29-2)17(31-4)16(10-13)30-3/h5-11H,1-4H3,(H,25,28). The Morgan fingerprint density at radius 1 is 1.03 bits per heavy atom. The predicted octanol–water partition coefficient (Wildman–Crippen LogP) is 4.27. The molecule has 3 rings (SSSR count). The van der Waals surface area contributed by atoms with Crippen molar-refractivity contribution < 1.29 is 36.7 Å². The lowest BCUT2D eigenvalue weighted by Gasteiger charge is -2.13. The molecule has 0 fully saturated rings. The molecule has 0 bridgehead atoms. The van der Waals surface area contributed by atoms with E-state index in [1.54, 1.807) is 19.1 Å². The first-order chi connectivity index (χ1) is 15.2. The van der Waals surface area contributed by atoms with Crippen molar-refractivity contribution in [2.24, 2.45) is 0 Å². The first kappa shape index (κ1) is 22.9. The highest BCUT2D eigenvalue weighted by atomic mass is 19.4. The van der Waals surface area contributed by atoms with Crippen LogP contribution in [0.25, 0.3) is 11.4 Å². The molecule has 0 saturated heterocycles. The Morgan fingerprint density at radius 3 is 2.12 bits per heavy atom. The zero-order valence-corrected chi connectivity index (χ0v) is 17.6. The molecule has 32 heavy (non-hydrogen) atoms. The van der Waals surface area contributed by atoms with E-state index in [1.165, 1.54) is 21.3 Å². The molecule has 1 N–H and O–H groups in total. The van der Waals surface area contributed by atoms with E-state index in [0.29, 0.717) is 22.8 Å². The number of rotatable bonds is 7. The summed E-state index contributed by atoms with van der Waals surface area (Å²) in [5, 5.41) is 6.53. The Bertz CT molecular complexity index is 1070. The molecule has 1 atom stereocenters. The third-order valence-corrected chi connectivity index (χ3v) is 4.56. The largest absolute Gasteiger partial charge is 0.493 e. The van der Waals surface area contributed by atoms with Crippen LogP contribution in [0.4, 0.5) is 13.2 Å². The summed E-state index contributed by atoms with van der Waals surface area (Å²) in [4.78, 5) is 16.7. The fourth-order valence-corrected chi connectivity index (χ4v) is 2.89. The Labute approximate surface area is 181 Å². The second-order valence-electron chi connectivity index (χ2n) is 6.64. The van der Waals surface area contributed by atoms with E-state index in [1.807, 2.05) is 0 Å². The number of carbonyl (C=O) groups excluding carboxylic acids is 1. The van der Waals surface area contributed by atoms with Gasteiger partial charge < -0.3 is 24.1 Å². The lowest BCUT2D eigenvalue weighted by Crippen LogP contribution is -2.27. The SMILES string of the molecule is COc1cc(-c2noc(C(C)NC(=O)c3ccc(C(F)(F)F)cc3)n2)cc(OC)c1OC.